The van der Waals surface area contributed by atoms with Crippen LogP contribution in [0.2, 0.25) is 0 Å². The number of hydrogen-bond donors (Lipinski definition) is 1. The molecule has 0 aromatic heterocycles. The van der Waals surface area contributed by atoms with Gasteiger partial charge < -0.3 is 10.5 Å². The lowest BCUT2D eigenvalue weighted by Crippen LogP contribution is -2.43. The molecule has 2 aliphatic rings. The Morgan fingerprint density at radius 2 is 2.28 bits per heavy atom. The van der Waals surface area contributed by atoms with E-state index in [1.54, 1.807) is 0 Å². The minimum Gasteiger partial charge on any atom is -0.486 e. The van der Waals surface area contributed by atoms with Crippen molar-refractivity contribution in [3.05, 3.63) is 29.3 Å². The molecule has 1 aromatic rings. The van der Waals surface area contributed by atoms with E-state index in [9.17, 15) is 0 Å². The van der Waals surface area contributed by atoms with Gasteiger partial charge in [-0.2, -0.15) is 0 Å². The molecule has 0 aliphatic carbocycles. The van der Waals surface area contributed by atoms with Crippen LogP contribution < -0.4 is 10.5 Å². The summed E-state index contributed by atoms with van der Waals surface area (Å²) in [6.45, 7) is 6.04. The summed E-state index contributed by atoms with van der Waals surface area (Å²) in [6, 6.07) is 6.54. The van der Waals surface area contributed by atoms with Gasteiger partial charge in [0.2, 0.25) is 0 Å². The lowest BCUT2D eigenvalue weighted by Gasteiger charge is -2.36. The Morgan fingerprint density at radius 3 is 3.11 bits per heavy atom. The molecule has 2 aliphatic heterocycles. The van der Waals surface area contributed by atoms with E-state index >= 15 is 0 Å². The molecule has 98 valence electrons. The fourth-order valence-corrected chi connectivity index (χ4v) is 3.24. The van der Waals surface area contributed by atoms with Gasteiger partial charge in [0.1, 0.15) is 11.4 Å². The Labute approximate surface area is 109 Å². The maximum absolute atomic E-state index is 6.33. The molecule has 18 heavy (non-hydrogen) atoms. The molecule has 1 spiro atoms. The first-order valence-electron chi connectivity index (χ1n) is 6.92. The van der Waals surface area contributed by atoms with E-state index in [4.69, 9.17) is 10.5 Å². The molecule has 1 saturated heterocycles. The van der Waals surface area contributed by atoms with Crippen LogP contribution in [0.25, 0.3) is 0 Å². The molecule has 0 radical (unpaired) electrons. The molecular formula is C15H22N2O. The predicted molar refractivity (Wildman–Crippen MR) is 73.0 cm³/mol. The van der Waals surface area contributed by atoms with Crippen molar-refractivity contribution in [3.8, 4) is 5.75 Å². The summed E-state index contributed by atoms with van der Waals surface area (Å²) in [5.41, 5.74) is 8.39. The molecule has 0 bridgehead atoms. The second-order valence-electron chi connectivity index (χ2n) is 5.71. The van der Waals surface area contributed by atoms with Crippen molar-refractivity contribution in [1.29, 1.82) is 0 Å². The normalized spacial score (nSPS) is 27.2. The summed E-state index contributed by atoms with van der Waals surface area (Å²) in [5.74, 6) is 1.10. The Hall–Kier alpha value is -1.06. The highest BCUT2D eigenvalue weighted by Gasteiger charge is 2.42. The SMILES string of the molecule is Cc1ccc2c(c1)CCC1(CCN(CCN)C1)O2. The van der Waals surface area contributed by atoms with Gasteiger partial charge in [-0.15, -0.1) is 0 Å². The monoisotopic (exact) mass is 246 g/mol. The van der Waals surface area contributed by atoms with Crippen LogP contribution in [0.3, 0.4) is 0 Å². The molecule has 3 heteroatoms. The van der Waals surface area contributed by atoms with Crippen LogP contribution >= 0.6 is 0 Å². The van der Waals surface area contributed by atoms with Crippen molar-refractivity contribution in [2.45, 2.75) is 31.8 Å². The minimum atomic E-state index is 0.0530. The third kappa shape index (κ3) is 2.13. The van der Waals surface area contributed by atoms with Crippen molar-refractivity contribution in [1.82, 2.24) is 4.90 Å². The maximum Gasteiger partial charge on any atom is 0.123 e. The predicted octanol–water partition coefficient (Wildman–Crippen LogP) is 1.72. The number of ether oxygens (including phenoxy) is 1. The van der Waals surface area contributed by atoms with Crippen LogP contribution in [-0.2, 0) is 6.42 Å². The molecule has 1 aromatic carbocycles. The second kappa shape index (κ2) is 4.56. The number of rotatable bonds is 2. The number of benzene rings is 1. The molecule has 0 saturated carbocycles. The molecule has 2 heterocycles. The number of nitrogens with two attached hydrogens (primary N) is 1. The smallest absolute Gasteiger partial charge is 0.123 e. The summed E-state index contributed by atoms with van der Waals surface area (Å²) in [5, 5.41) is 0. The lowest BCUT2D eigenvalue weighted by molar-refractivity contribution is 0.0549. The zero-order valence-electron chi connectivity index (χ0n) is 11.1. The van der Waals surface area contributed by atoms with Gasteiger partial charge in [0, 0.05) is 32.6 Å². The van der Waals surface area contributed by atoms with Crippen molar-refractivity contribution in [3.63, 3.8) is 0 Å². The Balaban J connectivity index is 1.77. The van der Waals surface area contributed by atoms with Crippen LogP contribution in [0, 0.1) is 6.92 Å². The number of nitrogens with zero attached hydrogens (tertiary/aromatic N) is 1. The topological polar surface area (TPSA) is 38.5 Å². The van der Waals surface area contributed by atoms with E-state index in [1.165, 1.54) is 11.1 Å². The van der Waals surface area contributed by atoms with Crippen molar-refractivity contribution in [2.24, 2.45) is 5.73 Å². The Kier molecular flexibility index (Phi) is 3.04. The van der Waals surface area contributed by atoms with Gasteiger partial charge in [-0.25, -0.2) is 0 Å². The van der Waals surface area contributed by atoms with E-state index < -0.39 is 0 Å². The van der Waals surface area contributed by atoms with Gasteiger partial charge >= 0.3 is 0 Å². The second-order valence-corrected chi connectivity index (χ2v) is 5.71. The quantitative estimate of drug-likeness (QED) is 0.863. The van der Waals surface area contributed by atoms with E-state index in [2.05, 4.69) is 30.0 Å². The molecule has 0 amide bonds. The first-order valence-corrected chi connectivity index (χ1v) is 6.92. The molecule has 3 nitrogen and oxygen atoms in total. The first-order chi connectivity index (χ1) is 8.71. The van der Waals surface area contributed by atoms with Gasteiger partial charge in [-0.1, -0.05) is 17.7 Å². The van der Waals surface area contributed by atoms with Gasteiger partial charge in [0.05, 0.1) is 0 Å². The first kappa shape index (κ1) is 12.0. The number of likely N-dealkylation sites (tertiary alicyclic amines) is 1. The number of fused-ring (bicyclic) bond motifs is 1. The fraction of sp³-hybridized carbons (Fsp3) is 0.600. The van der Waals surface area contributed by atoms with E-state index in [0.29, 0.717) is 0 Å². The molecule has 1 fully saturated rings. The average molecular weight is 246 g/mol. The highest BCUT2D eigenvalue weighted by atomic mass is 16.5. The summed E-state index contributed by atoms with van der Waals surface area (Å²) < 4.78 is 6.33. The number of aryl methyl sites for hydroxylation is 2. The van der Waals surface area contributed by atoms with Crippen LogP contribution in [-0.4, -0.2) is 36.7 Å². The highest BCUT2D eigenvalue weighted by Crippen LogP contribution is 2.38. The molecule has 3 rings (SSSR count). The van der Waals surface area contributed by atoms with E-state index in [-0.39, 0.29) is 5.60 Å². The summed E-state index contributed by atoms with van der Waals surface area (Å²) in [7, 11) is 0. The average Bonchev–Trinajstić information content (AvgIpc) is 2.74. The third-order valence-corrected chi connectivity index (χ3v) is 4.23. The van der Waals surface area contributed by atoms with Gasteiger partial charge in [-0.3, -0.25) is 4.90 Å². The van der Waals surface area contributed by atoms with Crippen molar-refractivity contribution in [2.75, 3.05) is 26.2 Å². The van der Waals surface area contributed by atoms with Crippen LogP contribution in [0.5, 0.6) is 5.75 Å². The van der Waals surface area contributed by atoms with Gasteiger partial charge in [-0.05, 0) is 31.4 Å². The lowest BCUT2D eigenvalue weighted by atomic mass is 9.90. The Morgan fingerprint density at radius 1 is 1.39 bits per heavy atom. The zero-order chi connectivity index (χ0) is 12.6. The van der Waals surface area contributed by atoms with Crippen LogP contribution in [0.15, 0.2) is 18.2 Å². The highest BCUT2D eigenvalue weighted by molar-refractivity contribution is 5.39. The third-order valence-electron chi connectivity index (χ3n) is 4.23. The van der Waals surface area contributed by atoms with Crippen LogP contribution in [0.4, 0.5) is 0 Å². The summed E-state index contributed by atoms with van der Waals surface area (Å²) >= 11 is 0. The standard InChI is InChI=1S/C15H22N2O/c1-12-2-3-14-13(10-12)4-5-15(18-14)6-8-17(11-15)9-7-16/h2-3,10H,4-9,11,16H2,1H3. The largest absolute Gasteiger partial charge is 0.486 e. The van der Waals surface area contributed by atoms with Crippen LogP contribution in [0.1, 0.15) is 24.0 Å². The van der Waals surface area contributed by atoms with E-state index in [0.717, 1.165) is 51.2 Å². The molecule has 1 unspecified atom stereocenters. The maximum atomic E-state index is 6.33. The summed E-state index contributed by atoms with van der Waals surface area (Å²) in [6.07, 6.45) is 3.43. The zero-order valence-corrected chi connectivity index (χ0v) is 11.1. The number of hydrogen-bond acceptors (Lipinski definition) is 3. The van der Waals surface area contributed by atoms with Crippen molar-refractivity contribution < 1.29 is 4.74 Å². The molecular weight excluding hydrogens is 224 g/mol. The molecule has 1 atom stereocenters. The minimum absolute atomic E-state index is 0.0530. The molecule has 2 N–H and O–H groups in total. The van der Waals surface area contributed by atoms with Gasteiger partial charge in [0.25, 0.3) is 0 Å². The van der Waals surface area contributed by atoms with E-state index in [1.807, 2.05) is 0 Å². The fourth-order valence-electron chi connectivity index (χ4n) is 3.24. The summed E-state index contributed by atoms with van der Waals surface area (Å²) in [4.78, 5) is 2.43. The Bertz CT molecular complexity index is 446. The van der Waals surface area contributed by atoms with Gasteiger partial charge in [0.15, 0.2) is 0 Å². The van der Waals surface area contributed by atoms with Crippen molar-refractivity contribution >= 4 is 0 Å².